The van der Waals surface area contributed by atoms with E-state index in [4.69, 9.17) is 39.9 Å². The van der Waals surface area contributed by atoms with Crippen LogP contribution in [0, 0.1) is 0 Å². The Morgan fingerprint density at radius 2 is 1.64 bits per heavy atom. The minimum absolute atomic E-state index is 0.0253. The first kappa shape index (κ1) is 20.3. The Labute approximate surface area is 163 Å². The standard InChI is InChI=1S/C17H18Cl3NO3S/c1-12(3-2-10-22)21(17-11-14(19)6-9-16(17)20)25(23,24)15-7-4-13(18)5-8-15/h4-9,11-12,22H,2-3,10H2,1H3. The van der Waals surface area contributed by atoms with E-state index < -0.39 is 16.1 Å². The smallest absolute Gasteiger partial charge is 0.264 e. The zero-order valence-corrected chi connectivity index (χ0v) is 16.6. The van der Waals surface area contributed by atoms with E-state index in [-0.39, 0.29) is 16.5 Å². The third kappa shape index (κ3) is 4.80. The van der Waals surface area contributed by atoms with Gasteiger partial charge in [0.15, 0.2) is 0 Å². The molecule has 2 aromatic rings. The molecule has 1 atom stereocenters. The molecular formula is C17H18Cl3NO3S. The third-order valence-corrected chi connectivity index (χ3v) is 6.45. The summed E-state index contributed by atoms with van der Waals surface area (Å²) in [6.45, 7) is 1.74. The number of benzene rings is 2. The number of sulfonamides is 1. The van der Waals surface area contributed by atoms with Crippen molar-refractivity contribution in [1.82, 2.24) is 0 Å². The first-order valence-electron chi connectivity index (χ1n) is 7.63. The van der Waals surface area contributed by atoms with Gasteiger partial charge in [-0.3, -0.25) is 4.31 Å². The summed E-state index contributed by atoms with van der Waals surface area (Å²) >= 11 is 18.2. The van der Waals surface area contributed by atoms with Crippen molar-refractivity contribution in [2.75, 3.05) is 10.9 Å². The fourth-order valence-corrected chi connectivity index (χ4v) is 4.73. The van der Waals surface area contributed by atoms with Crippen molar-refractivity contribution < 1.29 is 13.5 Å². The van der Waals surface area contributed by atoms with Crippen molar-refractivity contribution in [3.05, 3.63) is 57.5 Å². The Hall–Kier alpha value is -0.980. The molecule has 0 heterocycles. The Kier molecular flexibility index (Phi) is 7.00. The van der Waals surface area contributed by atoms with Crippen molar-refractivity contribution in [3.63, 3.8) is 0 Å². The van der Waals surface area contributed by atoms with Gasteiger partial charge in [-0.2, -0.15) is 0 Å². The molecule has 0 saturated carbocycles. The number of aliphatic hydroxyl groups is 1. The summed E-state index contributed by atoms with van der Waals surface area (Å²) in [7, 11) is -3.89. The van der Waals surface area contributed by atoms with Crippen molar-refractivity contribution in [2.45, 2.75) is 30.7 Å². The van der Waals surface area contributed by atoms with Crippen LogP contribution in [0.25, 0.3) is 0 Å². The molecule has 0 bridgehead atoms. The summed E-state index contributed by atoms with van der Waals surface area (Å²) in [5.74, 6) is 0. The van der Waals surface area contributed by atoms with Crippen LogP contribution < -0.4 is 4.31 Å². The second-order valence-corrected chi connectivity index (χ2v) is 8.66. The highest BCUT2D eigenvalue weighted by Crippen LogP contribution is 2.35. The lowest BCUT2D eigenvalue weighted by Gasteiger charge is -2.31. The zero-order chi connectivity index (χ0) is 18.6. The molecule has 0 radical (unpaired) electrons. The summed E-state index contributed by atoms with van der Waals surface area (Å²) in [6.07, 6.45) is 0.929. The topological polar surface area (TPSA) is 57.6 Å². The molecule has 136 valence electrons. The van der Waals surface area contributed by atoms with Gasteiger partial charge in [-0.1, -0.05) is 34.8 Å². The van der Waals surface area contributed by atoms with Crippen LogP contribution in [0.2, 0.25) is 15.1 Å². The molecule has 8 heteroatoms. The van der Waals surface area contributed by atoms with Crippen molar-refractivity contribution in [1.29, 1.82) is 0 Å². The molecule has 0 spiro atoms. The van der Waals surface area contributed by atoms with E-state index in [1.165, 1.54) is 34.6 Å². The summed E-state index contributed by atoms with van der Waals surface area (Å²) in [5, 5.41) is 10.2. The fourth-order valence-electron chi connectivity index (χ4n) is 2.48. The molecular weight excluding hydrogens is 405 g/mol. The van der Waals surface area contributed by atoms with E-state index in [9.17, 15) is 8.42 Å². The average Bonchev–Trinajstić information content (AvgIpc) is 2.56. The van der Waals surface area contributed by atoms with Gasteiger partial charge in [0, 0.05) is 22.7 Å². The van der Waals surface area contributed by atoms with E-state index >= 15 is 0 Å². The number of hydrogen-bond acceptors (Lipinski definition) is 3. The highest BCUT2D eigenvalue weighted by molar-refractivity contribution is 7.92. The Morgan fingerprint density at radius 1 is 1.04 bits per heavy atom. The number of anilines is 1. The molecule has 0 aliphatic carbocycles. The summed E-state index contributed by atoms with van der Waals surface area (Å²) in [5.41, 5.74) is 0.301. The van der Waals surface area contributed by atoms with E-state index in [0.29, 0.717) is 28.6 Å². The van der Waals surface area contributed by atoms with Gasteiger partial charge >= 0.3 is 0 Å². The van der Waals surface area contributed by atoms with Gasteiger partial charge in [0.05, 0.1) is 15.6 Å². The van der Waals surface area contributed by atoms with Crippen LogP contribution in [0.15, 0.2) is 47.4 Å². The number of rotatable bonds is 7. The molecule has 0 aromatic heterocycles. The molecule has 0 aliphatic rings. The maximum Gasteiger partial charge on any atom is 0.264 e. The molecule has 1 N–H and O–H groups in total. The monoisotopic (exact) mass is 421 g/mol. The van der Waals surface area contributed by atoms with Crippen molar-refractivity contribution >= 4 is 50.5 Å². The molecule has 1 unspecified atom stereocenters. The van der Waals surface area contributed by atoms with E-state index in [1.54, 1.807) is 19.1 Å². The normalized spacial score (nSPS) is 12.8. The lowest BCUT2D eigenvalue weighted by Crippen LogP contribution is -2.39. The van der Waals surface area contributed by atoms with Crippen LogP contribution in [0.1, 0.15) is 19.8 Å². The van der Waals surface area contributed by atoms with Crippen molar-refractivity contribution in [3.8, 4) is 0 Å². The lowest BCUT2D eigenvalue weighted by molar-refractivity contribution is 0.281. The second kappa shape index (κ2) is 8.60. The van der Waals surface area contributed by atoms with Crippen molar-refractivity contribution in [2.24, 2.45) is 0 Å². The first-order valence-corrected chi connectivity index (χ1v) is 10.2. The minimum Gasteiger partial charge on any atom is -0.396 e. The van der Waals surface area contributed by atoms with Gasteiger partial charge in [-0.15, -0.1) is 0 Å². The molecule has 0 aliphatic heterocycles. The maximum atomic E-state index is 13.2. The van der Waals surface area contributed by atoms with Crippen LogP contribution in [0.5, 0.6) is 0 Å². The van der Waals surface area contributed by atoms with Crippen LogP contribution in [-0.2, 0) is 10.0 Å². The molecule has 25 heavy (non-hydrogen) atoms. The molecule has 0 amide bonds. The highest BCUT2D eigenvalue weighted by Gasteiger charge is 2.31. The Morgan fingerprint density at radius 3 is 2.24 bits per heavy atom. The van der Waals surface area contributed by atoms with E-state index in [0.717, 1.165) is 0 Å². The van der Waals surface area contributed by atoms with Gasteiger partial charge < -0.3 is 5.11 Å². The van der Waals surface area contributed by atoms with E-state index in [2.05, 4.69) is 0 Å². The quantitative estimate of drug-likeness (QED) is 0.683. The van der Waals surface area contributed by atoms with Crippen LogP contribution >= 0.6 is 34.8 Å². The Balaban J connectivity index is 2.57. The number of aliphatic hydroxyl groups excluding tert-OH is 1. The fraction of sp³-hybridized carbons (Fsp3) is 0.294. The average molecular weight is 423 g/mol. The summed E-state index contributed by atoms with van der Waals surface area (Å²) < 4.78 is 27.7. The third-order valence-electron chi connectivity index (χ3n) is 3.70. The van der Waals surface area contributed by atoms with Gasteiger partial charge in [-0.05, 0) is 62.2 Å². The number of nitrogens with zero attached hydrogens (tertiary/aromatic N) is 1. The maximum absolute atomic E-state index is 13.2. The molecule has 2 rings (SSSR count). The number of halogens is 3. The predicted octanol–water partition coefficient (Wildman–Crippen LogP) is 5.00. The Bertz CT molecular complexity index is 826. The predicted molar refractivity (Wildman–Crippen MR) is 103 cm³/mol. The largest absolute Gasteiger partial charge is 0.396 e. The van der Waals surface area contributed by atoms with Gasteiger partial charge in [0.1, 0.15) is 0 Å². The summed E-state index contributed by atoms with van der Waals surface area (Å²) in [6, 6.07) is 10.2. The second-order valence-electron chi connectivity index (χ2n) is 5.57. The highest BCUT2D eigenvalue weighted by atomic mass is 35.5. The van der Waals surface area contributed by atoms with Crippen LogP contribution in [0.3, 0.4) is 0 Å². The lowest BCUT2D eigenvalue weighted by atomic mass is 10.2. The SMILES string of the molecule is CC(CCCO)N(c1cc(Cl)ccc1Cl)S(=O)(=O)c1ccc(Cl)cc1. The molecule has 2 aromatic carbocycles. The summed E-state index contributed by atoms with van der Waals surface area (Å²) in [4.78, 5) is 0.101. The zero-order valence-electron chi connectivity index (χ0n) is 13.5. The van der Waals surface area contributed by atoms with Crippen LogP contribution in [0.4, 0.5) is 5.69 Å². The molecule has 4 nitrogen and oxygen atoms in total. The van der Waals surface area contributed by atoms with Crippen LogP contribution in [-0.4, -0.2) is 26.2 Å². The van der Waals surface area contributed by atoms with Gasteiger partial charge in [0.25, 0.3) is 10.0 Å². The molecule has 0 fully saturated rings. The first-order chi connectivity index (χ1) is 11.8. The van der Waals surface area contributed by atoms with Gasteiger partial charge in [0.2, 0.25) is 0 Å². The van der Waals surface area contributed by atoms with Gasteiger partial charge in [-0.25, -0.2) is 8.42 Å². The van der Waals surface area contributed by atoms with E-state index in [1.807, 2.05) is 0 Å². The molecule has 0 saturated heterocycles. The number of hydrogen-bond donors (Lipinski definition) is 1. The minimum atomic E-state index is -3.89.